The molecular formula is C15H20FN7O. The zero-order valence-corrected chi connectivity index (χ0v) is 13.7. The number of carbonyl (C=O) groups excluding carboxylic acids is 1. The van der Waals surface area contributed by atoms with Gasteiger partial charge in [0.05, 0.1) is 17.9 Å². The van der Waals surface area contributed by atoms with Crippen molar-refractivity contribution in [2.45, 2.75) is 19.9 Å². The lowest BCUT2D eigenvalue weighted by atomic mass is 10.2. The molecule has 1 amide bonds. The molecule has 1 aliphatic heterocycles. The summed E-state index contributed by atoms with van der Waals surface area (Å²) in [6.45, 7) is 6.52. The zero-order chi connectivity index (χ0) is 17.1. The Morgan fingerprint density at radius 2 is 2.33 bits per heavy atom. The van der Waals surface area contributed by atoms with Crippen molar-refractivity contribution in [3.63, 3.8) is 0 Å². The van der Waals surface area contributed by atoms with Crippen molar-refractivity contribution >= 4 is 11.6 Å². The van der Waals surface area contributed by atoms with E-state index in [2.05, 4.69) is 38.0 Å². The molecule has 2 aromatic rings. The fourth-order valence-electron chi connectivity index (χ4n) is 2.70. The van der Waals surface area contributed by atoms with Crippen molar-refractivity contribution in [1.82, 2.24) is 30.4 Å². The van der Waals surface area contributed by atoms with Gasteiger partial charge in [0.25, 0.3) is 0 Å². The number of tetrazole rings is 1. The van der Waals surface area contributed by atoms with Crippen LogP contribution in [-0.4, -0.2) is 63.2 Å². The standard InChI is InChI=1S/C15H20FN7O/c1-10-8-17-5-6-22(10)9-15(24)18-14-7-12(3-4-13(14)16)23-11(2)19-20-21-23/h3-4,7,10,17H,5-6,8-9H2,1-2H3,(H,18,24)/t10-/m0/s1. The third-order valence-corrected chi connectivity index (χ3v) is 4.08. The van der Waals surface area contributed by atoms with Crippen molar-refractivity contribution in [2.24, 2.45) is 0 Å². The van der Waals surface area contributed by atoms with Crippen molar-refractivity contribution in [2.75, 3.05) is 31.5 Å². The topological polar surface area (TPSA) is 88.0 Å². The van der Waals surface area contributed by atoms with E-state index in [9.17, 15) is 9.18 Å². The van der Waals surface area contributed by atoms with E-state index in [1.807, 2.05) is 0 Å². The van der Waals surface area contributed by atoms with Gasteiger partial charge in [-0.3, -0.25) is 9.69 Å². The Morgan fingerprint density at radius 1 is 1.50 bits per heavy atom. The van der Waals surface area contributed by atoms with E-state index in [0.29, 0.717) is 11.5 Å². The third-order valence-electron chi connectivity index (χ3n) is 4.08. The Hall–Kier alpha value is -2.39. The summed E-state index contributed by atoms with van der Waals surface area (Å²) in [4.78, 5) is 14.3. The van der Waals surface area contributed by atoms with Gasteiger partial charge in [-0.15, -0.1) is 5.10 Å². The van der Waals surface area contributed by atoms with Crippen LogP contribution in [0.15, 0.2) is 18.2 Å². The van der Waals surface area contributed by atoms with E-state index in [0.717, 1.165) is 19.6 Å². The Bertz CT molecular complexity index is 732. The van der Waals surface area contributed by atoms with Crippen LogP contribution in [0.25, 0.3) is 5.69 Å². The molecule has 3 rings (SSSR count). The molecule has 0 unspecified atom stereocenters. The normalized spacial score (nSPS) is 18.5. The molecular weight excluding hydrogens is 313 g/mol. The molecule has 9 heteroatoms. The smallest absolute Gasteiger partial charge is 0.238 e. The van der Waals surface area contributed by atoms with Gasteiger partial charge in [-0.1, -0.05) is 0 Å². The molecule has 0 aliphatic carbocycles. The highest BCUT2D eigenvalue weighted by atomic mass is 19.1. The van der Waals surface area contributed by atoms with Crippen LogP contribution in [0.5, 0.6) is 0 Å². The summed E-state index contributed by atoms with van der Waals surface area (Å²) in [5, 5.41) is 17.1. The number of halogens is 1. The molecule has 0 radical (unpaired) electrons. The maximum atomic E-state index is 14.0. The Balaban J connectivity index is 1.72. The Morgan fingerprint density at radius 3 is 3.04 bits per heavy atom. The molecule has 2 heterocycles. The van der Waals surface area contributed by atoms with Crippen LogP contribution in [0.2, 0.25) is 0 Å². The molecule has 128 valence electrons. The summed E-state index contributed by atoms with van der Waals surface area (Å²) in [7, 11) is 0. The first kappa shape index (κ1) is 16.5. The van der Waals surface area contributed by atoms with Crippen LogP contribution < -0.4 is 10.6 Å². The number of rotatable bonds is 4. The summed E-state index contributed by atoms with van der Waals surface area (Å²) in [5.41, 5.74) is 0.708. The summed E-state index contributed by atoms with van der Waals surface area (Å²) in [6.07, 6.45) is 0. The Labute approximate surface area is 139 Å². The van der Waals surface area contributed by atoms with Gasteiger partial charge in [0.2, 0.25) is 5.91 Å². The van der Waals surface area contributed by atoms with Crippen molar-refractivity contribution in [3.05, 3.63) is 29.8 Å². The number of hydrogen-bond donors (Lipinski definition) is 2. The van der Waals surface area contributed by atoms with E-state index < -0.39 is 5.82 Å². The molecule has 24 heavy (non-hydrogen) atoms. The lowest BCUT2D eigenvalue weighted by Crippen LogP contribution is -2.52. The Kier molecular flexibility index (Phi) is 4.81. The number of nitrogens with one attached hydrogen (secondary N) is 2. The van der Waals surface area contributed by atoms with Gasteiger partial charge in [0.1, 0.15) is 5.82 Å². The number of piperazine rings is 1. The minimum Gasteiger partial charge on any atom is -0.322 e. The highest BCUT2D eigenvalue weighted by Gasteiger charge is 2.21. The summed E-state index contributed by atoms with van der Waals surface area (Å²) >= 11 is 0. The molecule has 0 bridgehead atoms. The molecule has 1 atom stereocenters. The number of carbonyl (C=O) groups is 1. The number of aryl methyl sites for hydroxylation is 1. The SMILES string of the molecule is Cc1nnnn1-c1ccc(F)c(NC(=O)CN2CCNC[C@@H]2C)c1. The quantitative estimate of drug-likeness (QED) is 0.839. The summed E-state index contributed by atoms with van der Waals surface area (Å²) in [6, 6.07) is 4.65. The van der Waals surface area contributed by atoms with Crippen LogP contribution in [0.4, 0.5) is 10.1 Å². The first-order valence-corrected chi connectivity index (χ1v) is 7.84. The van der Waals surface area contributed by atoms with E-state index in [1.54, 1.807) is 13.0 Å². The third kappa shape index (κ3) is 3.57. The van der Waals surface area contributed by atoms with E-state index in [1.165, 1.54) is 16.8 Å². The molecule has 2 N–H and O–H groups in total. The van der Waals surface area contributed by atoms with Gasteiger partial charge in [-0.25, -0.2) is 4.39 Å². The van der Waals surface area contributed by atoms with E-state index >= 15 is 0 Å². The molecule has 1 aromatic carbocycles. The lowest BCUT2D eigenvalue weighted by molar-refractivity contribution is -0.118. The second-order valence-corrected chi connectivity index (χ2v) is 5.87. The number of benzene rings is 1. The molecule has 0 spiro atoms. The number of anilines is 1. The molecule has 1 aliphatic rings. The number of amides is 1. The minimum atomic E-state index is -0.494. The average Bonchev–Trinajstić information content (AvgIpc) is 2.98. The maximum absolute atomic E-state index is 14.0. The minimum absolute atomic E-state index is 0.121. The number of nitrogens with zero attached hydrogens (tertiary/aromatic N) is 5. The van der Waals surface area contributed by atoms with Crippen LogP contribution in [-0.2, 0) is 4.79 Å². The first-order valence-electron chi connectivity index (χ1n) is 7.84. The van der Waals surface area contributed by atoms with Crippen molar-refractivity contribution in [3.8, 4) is 5.69 Å². The molecule has 1 fully saturated rings. The van der Waals surface area contributed by atoms with Crippen molar-refractivity contribution < 1.29 is 9.18 Å². The van der Waals surface area contributed by atoms with Gasteiger partial charge < -0.3 is 10.6 Å². The second-order valence-electron chi connectivity index (χ2n) is 5.87. The van der Waals surface area contributed by atoms with Crippen molar-refractivity contribution in [1.29, 1.82) is 0 Å². The van der Waals surface area contributed by atoms with Gasteiger partial charge in [0.15, 0.2) is 5.82 Å². The molecule has 8 nitrogen and oxygen atoms in total. The average molecular weight is 333 g/mol. The van der Waals surface area contributed by atoms with Crippen LogP contribution in [0, 0.1) is 12.7 Å². The predicted octanol–water partition coefficient (Wildman–Crippen LogP) is 0.342. The van der Waals surface area contributed by atoms with Gasteiger partial charge >= 0.3 is 0 Å². The molecule has 1 aromatic heterocycles. The van der Waals surface area contributed by atoms with Gasteiger partial charge in [-0.05, 0) is 42.5 Å². The number of hydrogen-bond acceptors (Lipinski definition) is 6. The highest BCUT2D eigenvalue weighted by molar-refractivity contribution is 5.92. The number of aromatic nitrogens is 4. The van der Waals surface area contributed by atoms with E-state index in [4.69, 9.17) is 0 Å². The second kappa shape index (κ2) is 7.02. The predicted molar refractivity (Wildman–Crippen MR) is 86.4 cm³/mol. The monoisotopic (exact) mass is 333 g/mol. The first-order chi connectivity index (χ1) is 11.5. The molecule has 1 saturated heterocycles. The fraction of sp³-hybridized carbons (Fsp3) is 0.467. The van der Waals surface area contributed by atoms with Crippen LogP contribution >= 0.6 is 0 Å². The van der Waals surface area contributed by atoms with E-state index in [-0.39, 0.29) is 24.2 Å². The van der Waals surface area contributed by atoms with Crippen LogP contribution in [0.1, 0.15) is 12.7 Å². The summed E-state index contributed by atoms with van der Waals surface area (Å²) in [5.74, 6) is -0.159. The van der Waals surface area contributed by atoms with Gasteiger partial charge in [0, 0.05) is 25.7 Å². The maximum Gasteiger partial charge on any atom is 0.238 e. The largest absolute Gasteiger partial charge is 0.322 e. The zero-order valence-electron chi connectivity index (χ0n) is 13.7. The summed E-state index contributed by atoms with van der Waals surface area (Å²) < 4.78 is 15.5. The lowest BCUT2D eigenvalue weighted by Gasteiger charge is -2.33. The highest BCUT2D eigenvalue weighted by Crippen LogP contribution is 2.19. The van der Waals surface area contributed by atoms with Gasteiger partial charge in [-0.2, -0.15) is 4.68 Å². The van der Waals surface area contributed by atoms with Crippen LogP contribution in [0.3, 0.4) is 0 Å². The molecule has 0 saturated carbocycles. The fourth-order valence-corrected chi connectivity index (χ4v) is 2.70.